The smallest absolute Gasteiger partial charge is 0.219 e. The van der Waals surface area contributed by atoms with Crippen molar-refractivity contribution >= 4 is 28.3 Å². The van der Waals surface area contributed by atoms with Crippen LogP contribution in [0.15, 0.2) is 79.1 Å². The fourth-order valence-electron chi connectivity index (χ4n) is 3.18. The van der Waals surface area contributed by atoms with Crippen LogP contribution in [0.1, 0.15) is 18.9 Å². The number of carbonyl (C=O) groups is 1. The molecular weight excluding hydrogens is 360 g/mol. The third kappa shape index (κ3) is 4.41. The number of rotatable bonds is 6. The minimum atomic E-state index is 0.0508. The molecule has 144 valence electrons. The van der Waals surface area contributed by atoms with Crippen LogP contribution < -0.4 is 10.6 Å². The van der Waals surface area contributed by atoms with Crippen LogP contribution in [0.2, 0.25) is 0 Å². The van der Waals surface area contributed by atoms with Crippen molar-refractivity contribution in [3.05, 3.63) is 84.7 Å². The van der Waals surface area contributed by atoms with E-state index >= 15 is 0 Å². The molecule has 1 heterocycles. The molecule has 0 atom stereocenters. The molecule has 0 spiro atoms. The Hall–Kier alpha value is -3.73. The zero-order chi connectivity index (χ0) is 20.1. The minimum Gasteiger partial charge on any atom is -0.352 e. The van der Waals surface area contributed by atoms with Gasteiger partial charge in [0.05, 0.1) is 5.52 Å². The summed E-state index contributed by atoms with van der Waals surface area (Å²) >= 11 is 0. The van der Waals surface area contributed by atoms with E-state index in [4.69, 9.17) is 0 Å². The van der Waals surface area contributed by atoms with Crippen molar-refractivity contribution in [2.75, 3.05) is 5.32 Å². The first kappa shape index (κ1) is 18.6. The van der Waals surface area contributed by atoms with Crippen LogP contribution in [-0.4, -0.2) is 15.9 Å². The highest BCUT2D eigenvalue weighted by Crippen LogP contribution is 2.29. The van der Waals surface area contributed by atoms with Gasteiger partial charge in [-0.15, -0.1) is 0 Å². The summed E-state index contributed by atoms with van der Waals surface area (Å²) in [6.07, 6.45) is 2.06. The Morgan fingerprint density at radius 2 is 1.72 bits per heavy atom. The Morgan fingerprint density at radius 3 is 2.55 bits per heavy atom. The summed E-state index contributed by atoms with van der Waals surface area (Å²) in [5, 5.41) is 7.26. The van der Waals surface area contributed by atoms with Gasteiger partial charge >= 0.3 is 0 Å². The number of carbonyl (C=O) groups excluding carboxylic acids is 1. The van der Waals surface area contributed by atoms with Gasteiger partial charge in [-0.25, -0.2) is 9.97 Å². The van der Waals surface area contributed by atoms with Crippen molar-refractivity contribution in [3.63, 3.8) is 0 Å². The van der Waals surface area contributed by atoms with Gasteiger partial charge in [-0.3, -0.25) is 4.79 Å². The summed E-state index contributed by atoms with van der Waals surface area (Å²) in [5.41, 5.74) is 5.09. The van der Waals surface area contributed by atoms with Crippen LogP contribution in [-0.2, 0) is 11.3 Å². The molecule has 0 aliphatic carbocycles. The second-order valence-electron chi connectivity index (χ2n) is 6.78. The molecule has 0 unspecified atom stereocenters. The molecule has 29 heavy (non-hydrogen) atoms. The van der Waals surface area contributed by atoms with Crippen LogP contribution in [0.3, 0.4) is 0 Å². The van der Waals surface area contributed by atoms with E-state index in [-0.39, 0.29) is 5.91 Å². The lowest BCUT2D eigenvalue weighted by Gasteiger charge is -2.11. The summed E-state index contributed by atoms with van der Waals surface area (Å²) < 4.78 is 0. The van der Waals surface area contributed by atoms with Gasteiger partial charge in [0.15, 0.2) is 0 Å². The maximum atomic E-state index is 11.5. The van der Waals surface area contributed by atoms with Gasteiger partial charge < -0.3 is 10.6 Å². The number of nitrogens with zero attached hydrogens (tertiary/aromatic N) is 2. The monoisotopic (exact) mass is 382 g/mol. The van der Waals surface area contributed by atoms with Gasteiger partial charge in [-0.05, 0) is 47.0 Å². The number of hydrogen-bond acceptors (Lipinski definition) is 4. The van der Waals surface area contributed by atoms with Crippen molar-refractivity contribution in [2.45, 2.75) is 19.9 Å². The Kier molecular flexibility index (Phi) is 5.47. The lowest BCUT2D eigenvalue weighted by atomic mass is 10.0. The number of anilines is 2. The molecule has 1 amide bonds. The Morgan fingerprint density at radius 1 is 0.897 bits per heavy atom. The van der Waals surface area contributed by atoms with Crippen molar-refractivity contribution < 1.29 is 4.79 Å². The third-order valence-corrected chi connectivity index (χ3v) is 4.74. The minimum absolute atomic E-state index is 0.0508. The van der Waals surface area contributed by atoms with E-state index in [9.17, 15) is 4.79 Å². The summed E-state index contributed by atoms with van der Waals surface area (Å²) in [5.74, 6) is 0.823. The van der Waals surface area contributed by atoms with Crippen molar-refractivity contribution in [2.24, 2.45) is 0 Å². The molecule has 5 heteroatoms. The Balaban J connectivity index is 1.66. The molecular formula is C24H22N4O. The normalized spacial score (nSPS) is 10.7. The van der Waals surface area contributed by atoms with E-state index in [1.165, 1.54) is 0 Å². The van der Waals surface area contributed by atoms with Gasteiger partial charge in [0.25, 0.3) is 0 Å². The average Bonchev–Trinajstić information content (AvgIpc) is 2.78. The molecule has 3 aromatic carbocycles. The number of nitrogens with one attached hydrogen (secondary N) is 2. The van der Waals surface area contributed by atoms with E-state index in [0.717, 1.165) is 39.1 Å². The maximum absolute atomic E-state index is 11.5. The fraction of sp³-hybridized carbons (Fsp3) is 0.125. The molecule has 4 rings (SSSR count). The van der Waals surface area contributed by atoms with Crippen molar-refractivity contribution in [3.8, 4) is 11.1 Å². The highest BCUT2D eigenvalue weighted by Gasteiger charge is 2.08. The number of aromatic nitrogens is 2. The largest absolute Gasteiger partial charge is 0.352 e. The molecule has 0 aliphatic rings. The van der Waals surface area contributed by atoms with Crippen LogP contribution in [0, 0.1) is 0 Å². The number of para-hydroxylation sites is 1. The van der Waals surface area contributed by atoms with E-state index in [1.54, 1.807) is 6.33 Å². The van der Waals surface area contributed by atoms with Crippen LogP contribution in [0.4, 0.5) is 11.5 Å². The molecule has 0 aliphatic heterocycles. The lowest BCUT2D eigenvalue weighted by molar-refractivity contribution is -0.120. The van der Waals surface area contributed by atoms with E-state index in [2.05, 4.69) is 44.9 Å². The molecule has 0 saturated heterocycles. The standard InChI is InChI=1S/C24H22N4O/c1-2-23(29)25-15-17-7-6-8-18(13-17)19-11-12-22-21(14-19)24(27-16-26-22)28-20-9-4-3-5-10-20/h3-14,16H,2,15H2,1H3,(H,25,29)(H,26,27,28). The molecule has 0 saturated carbocycles. The zero-order valence-corrected chi connectivity index (χ0v) is 16.2. The Labute approximate surface area is 169 Å². The van der Waals surface area contributed by atoms with E-state index in [0.29, 0.717) is 13.0 Å². The number of fused-ring (bicyclic) bond motifs is 1. The fourth-order valence-corrected chi connectivity index (χ4v) is 3.18. The van der Waals surface area contributed by atoms with Gasteiger partial charge in [-0.2, -0.15) is 0 Å². The maximum Gasteiger partial charge on any atom is 0.219 e. The summed E-state index contributed by atoms with van der Waals surface area (Å²) in [6, 6.07) is 24.3. The number of benzene rings is 3. The zero-order valence-electron chi connectivity index (χ0n) is 16.2. The van der Waals surface area contributed by atoms with Crippen LogP contribution in [0.25, 0.3) is 22.0 Å². The summed E-state index contributed by atoms with van der Waals surface area (Å²) in [6.45, 7) is 2.38. The highest BCUT2D eigenvalue weighted by molar-refractivity contribution is 5.93. The van der Waals surface area contributed by atoms with Crippen LogP contribution >= 0.6 is 0 Å². The SMILES string of the molecule is CCC(=O)NCc1cccc(-c2ccc3ncnc(Nc4ccccc4)c3c2)c1. The first-order chi connectivity index (χ1) is 14.2. The van der Waals surface area contributed by atoms with Crippen molar-refractivity contribution in [1.29, 1.82) is 0 Å². The van der Waals surface area contributed by atoms with Gasteiger partial charge in [0.2, 0.25) is 5.91 Å². The van der Waals surface area contributed by atoms with Gasteiger partial charge in [0.1, 0.15) is 12.1 Å². The van der Waals surface area contributed by atoms with Gasteiger partial charge in [0, 0.05) is 24.0 Å². The highest BCUT2D eigenvalue weighted by atomic mass is 16.1. The second kappa shape index (κ2) is 8.52. The average molecular weight is 382 g/mol. The third-order valence-electron chi connectivity index (χ3n) is 4.74. The molecule has 1 aromatic heterocycles. The number of amides is 1. The summed E-state index contributed by atoms with van der Waals surface area (Å²) in [7, 11) is 0. The van der Waals surface area contributed by atoms with Crippen molar-refractivity contribution in [1.82, 2.24) is 15.3 Å². The summed E-state index contributed by atoms with van der Waals surface area (Å²) in [4.78, 5) is 20.4. The first-order valence-corrected chi connectivity index (χ1v) is 9.66. The second-order valence-corrected chi connectivity index (χ2v) is 6.78. The molecule has 0 bridgehead atoms. The van der Waals surface area contributed by atoms with Gasteiger partial charge in [-0.1, -0.05) is 49.4 Å². The van der Waals surface area contributed by atoms with E-state index in [1.807, 2.05) is 55.5 Å². The predicted molar refractivity (Wildman–Crippen MR) is 117 cm³/mol. The Bertz CT molecular complexity index is 1140. The molecule has 0 radical (unpaired) electrons. The molecule has 5 nitrogen and oxygen atoms in total. The lowest BCUT2D eigenvalue weighted by Crippen LogP contribution is -2.21. The quantitative estimate of drug-likeness (QED) is 0.489. The molecule has 4 aromatic rings. The number of hydrogen-bond donors (Lipinski definition) is 2. The van der Waals surface area contributed by atoms with Crippen LogP contribution in [0.5, 0.6) is 0 Å². The predicted octanol–water partition coefficient (Wildman–Crippen LogP) is 5.07. The first-order valence-electron chi connectivity index (χ1n) is 9.66. The topological polar surface area (TPSA) is 66.9 Å². The molecule has 0 fully saturated rings. The van der Waals surface area contributed by atoms with E-state index < -0.39 is 0 Å². The molecule has 2 N–H and O–H groups in total.